The quantitative estimate of drug-likeness (QED) is 0.390. The van der Waals surface area contributed by atoms with Gasteiger partial charge in [0.15, 0.2) is 0 Å². The highest BCUT2D eigenvalue weighted by Gasteiger charge is 2.39. The number of rotatable bonds is 10. The van der Waals surface area contributed by atoms with Gasteiger partial charge in [-0.15, -0.1) is 6.42 Å². The van der Waals surface area contributed by atoms with Crippen LogP contribution in [-0.2, 0) is 14.3 Å². The van der Waals surface area contributed by atoms with E-state index in [4.69, 9.17) is 15.9 Å². The Morgan fingerprint density at radius 3 is 2.05 bits per heavy atom. The summed E-state index contributed by atoms with van der Waals surface area (Å²) in [5, 5.41) is 5.68. The maximum absolute atomic E-state index is 14.2. The average molecular weight is 536 g/mol. The third kappa shape index (κ3) is 8.78. The Balaban J connectivity index is 2.54. The van der Waals surface area contributed by atoms with Gasteiger partial charge in [-0.2, -0.15) is 0 Å². The molecular weight excluding hydrogens is 494 g/mol. The maximum atomic E-state index is 14.2. The van der Waals surface area contributed by atoms with Crippen molar-refractivity contribution in [3.63, 3.8) is 0 Å². The Morgan fingerprint density at radius 1 is 1.00 bits per heavy atom. The molecule has 2 aromatic carbocycles. The lowest BCUT2D eigenvalue weighted by atomic mass is 9.94. The highest BCUT2D eigenvalue weighted by atomic mass is 16.6. The first-order chi connectivity index (χ1) is 18.3. The zero-order valence-corrected chi connectivity index (χ0v) is 24.2. The molecule has 0 aliphatic rings. The average Bonchev–Trinajstić information content (AvgIpc) is 2.88. The second-order valence-electron chi connectivity index (χ2n) is 10.7. The van der Waals surface area contributed by atoms with E-state index in [-0.39, 0.29) is 17.9 Å². The van der Waals surface area contributed by atoms with Crippen LogP contribution in [0.15, 0.2) is 48.5 Å². The summed E-state index contributed by atoms with van der Waals surface area (Å²) in [6, 6.07) is 11.6. The Labute approximate surface area is 232 Å². The van der Waals surface area contributed by atoms with E-state index in [9.17, 15) is 14.4 Å². The summed E-state index contributed by atoms with van der Waals surface area (Å²) < 4.78 is 10.6. The van der Waals surface area contributed by atoms with Crippen molar-refractivity contribution in [3.8, 4) is 18.1 Å². The van der Waals surface area contributed by atoms with Crippen LogP contribution in [-0.4, -0.2) is 47.6 Å². The van der Waals surface area contributed by atoms with E-state index >= 15 is 0 Å². The Bertz CT molecular complexity index is 1160. The molecule has 0 saturated heterocycles. The molecule has 0 radical (unpaired) electrons. The minimum Gasteiger partial charge on any atom is -0.497 e. The number of anilines is 1. The van der Waals surface area contributed by atoms with Crippen molar-refractivity contribution in [2.45, 2.75) is 78.6 Å². The lowest BCUT2D eigenvalue weighted by Crippen LogP contribution is -2.56. The topological polar surface area (TPSA) is 97.0 Å². The number of alkyl carbamates (subject to hydrolysis) is 1. The van der Waals surface area contributed by atoms with Crippen LogP contribution in [0.3, 0.4) is 0 Å². The summed E-state index contributed by atoms with van der Waals surface area (Å²) in [4.78, 5) is 42.3. The van der Waals surface area contributed by atoms with E-state index in [1.807, 2.05) is 27.7 Å². The number of nitrogens with one attached hydrogen (secondary N) is 2. The van der Waals surface area contributed by atoms with E-state index in [0.717, 1.165) is 0 Å². The molecule has 0 aliphatic heterocycles. The number of nitrogens with zero attached hydrogens (tertiary/aromatic N) is 1. The number of carbonyl (C=O) groups excluding carboxylic acids is 3. The predicted octanol–water partition coefficient (Wildman–Crippen LogP) is 5.53. The molecule has 39 heavy (non-hydrogen) atoms. The minimum absolute atomic E-state index is 0.222. The molecule has 3 unspecified atom stereocenters. The lowest BCUT2D eigenvalue weighted by molar-refractivity contribution is -0.144. The van der Waals surface area contributed by atoms with Gasteiger partial charge in [-0.1, -0.05) is 38.3 Å². The molecule has 0 bridgehead atoms. The Hall–Kier alpha value is -3.99. The molecule has 8 nitrogen and oxygen atoms in total. The minimum atomic E-state index is -1.00. The molecule has 0 heterocycles. The molecule has 0 spiro atoms. The van der Waals surface area contributed by atoms with Crippen molar-refractivity contribution in [2.24, 2.45) is 5.92 Å². The molecule has 3 amide bonds. The number of amides is 3. The molecular formula is C31H41N3O5. The van der Waals surface area contributed by atoms with Gasteiger partial charge in [0.1, 0.15) is 23.4 Å². The van der Waals surface area contributed by atoms with E-state index in [1.165, 1.54) is 4.90 Å². The van der Waals surface area contributed by atoms with Gasteiger partial charge in [-0.05, 0) is 82.5 Å². The van der Waals surface area contributed by atoms with Gasteiger partial charge in [0.2, 0.25) is 5.91 Å². The van der Waals surface area contributed by atoms with E-state index in [1.54, 1.807) is 76.4 Å². The molecule has 0 aromatic heterocycles. The first-order valence-corrected chi connectivity index (χ1v) is 13.1. The SMILES string of the molecule is C#Cc1ccc(C(C(=O)Nc2ccc(OC)cc2)N(C(=O)C(NC(=O)OC(C)(C)C)C(C)CC)C(C)C)cc1. The summed E-state index contributed by atoms with van der Waals surface area (Å²) in [6.07, 6.45) is 5.47. The van der Waals surface area contributed by atoms with Crippen molar-refractivity contribution in [1.29, 1.82) is 0 Å². The number of carbonyl (C=O) groups is 3. The third-order valence-corrected chi connectivity index (χ3v) is 6.24. The molecule has 210 valence electrons. The fraction of sp³-hybridized carbons (Fsp3) is 0.452. The summed E-state index contributed by atoms with van der Waals surface area (Å²) >= 11 is 0. The van der Waals surface area contributed by atoms with Crippen LogP contribution >= 0.6 is 0 Å². The molecule has 0 aliphatic carbocycles. The van der Waals surface area contributed by atoms with Crippen LogP contribution in [0.1, 0.15) is 72.1 Å². The summed E-state index contributed by atoms with van der Waals surface area (Å²) in [5.41, 5.74) is 1.05. The Morgan fingerprint density at radius 2 is 1.59 bits per heavy atom. The van der Waals surface area contributed by atoms with Gasteiger partial charge >= 0.3 is 6.09 Å². The van der Waals surface area contributed by atoms with Crippen molar-refractivity contribution in [3.05, 3.63) is 59.7 Å². The normalized spacial score (nSPS) is 13.4. The Kier molecular flexibility index (Phi) is 11.0. The first kappa shape index (κ1) is 31.2. The van der Waals surface area contributed by atoms with Crippen molar-refractivity contribution in [2.75, 3.05) is 12.4 Å². The van der Waals surface area contributed by atoms with Crippen molar-refractivity contribution < 1.29 is 23.9 Å². The van der Waals surface area contributed by atoms with Crippen LogP contribution in [0.2, 0.25) is 0 Å². The number of hydrogen-bond donors (Lipinski definition) is 2. The van der Waals surface area contributed by atoms with Gasteiger partial charge in [-0.25, -0.2) is 4.79 Å². The van der Waals surface area contributed by atoms with Crippen molar-refractivity contribution >= 4 is 23.6 Å². The smallest absolute Gasteiger partial charge is 0.408 e. The van der Waals surface area contributed by atoms with Gasteiger partial charge in [-0.3, -0.25) is 9.59 Å². The summed E-state index contributed by atoms with van der Waals surface area (Å²) in [7, 11) is 1.56. The van der Waals surface area contributed by atoms with Crippen LogP contribution in [0.4, 0.5) is 10.5 Å². The highest BCUT2D eigenvalue weighted by Crippen LogP contribution is 2.28. The van der Waals surface area contributed by atoms with Gasteiger partial charge in [0, 0.05) is 17.3 Å². The van der Waals surface area contributed by atoms with Crippen LogP contribution < -0.4 is 15.4 Å². The molecule has 8 heteroatoms. The van der Waals surface area contributed by atoms with Gasteiger partial charge in [0.25, 0.3) is 5.91 Å². The standard InChI is InChI=1S/C31H41N3O5/c1-10-21(5)26(33-30(37)39-31(6,7)8)29(36)34(20(3)4)27(23-14-12-22(11-2)13-15-23)28(35)32-24-16-18-25(38-9)19-17-24/h2,12-21,26-27H,10H2,1,3-9H3,(H,32,35)(H,33,37). The summed E-state index contributed by atoms with van der Waals surface area (Å²) in [6.45, 7) is 12.8. The fourth-order valence-electron chi connectivity index (χ4n) is 4.04. The number of methoxy groups -OCH3 is 1. The number of hydrogen-bond acceptors (Lipinski definition) is 5. The summed E-state index contributed by atoms with van der Waals surface area (Å²) in [5.74, 6) is 2.21. The first-order valence-electron chi connectivity index (χ1n) is 13.1. The van der Waals surface area contributed by atoms with Crippen LogP contribution in [0, 0.1) is 18.3 Å². The molecule has 2 N–H and O–H groups in total. The van der Waals surface area contributed by atoms with E-state index in [2.05, 4.69) is 16.6 Å². The van der Waals surface area contributed by atoms with Gasteiger partial charge < -0.3 is 25.0 Å². The lowest BCUT2D eigenvalue weighted by Gasteiger charge is -2.38. The zero-order chi connectivity index (χ0) is 29.3. The largest absolute Gasteiger partial charge is 0.497 e. The second kappa shape index (κ2) is 13.7. The molecule has 2 rings (SSSR count). The van der Waals surface area contributed by atoms with Crippen molar-refractivity contribution in [1.82, 2.24) is 10.2 Å². The number of terminal acetylenes is 1. The number of ether oxygens (including phenoxy) is 2. The highest BCUT2D eigenvalue weighted by molar-refractivity contribution is 5.99. The monoisotopic (exact) mass is 535 g/mol. The number of benzene rings is 2. The van der Waals surface area contributed by atoms with E-state index in [0.29, 0.717) is 29.0 Å². The molecule has 0 fully saturated rings. The third-order valence-electron chi connectivity index (χ3n) is 6.24. The fourth-order valence-corrected chi connectivity index (χ4v) is 4.04. The predicted molar refractivity (Wildman–Crippen MR) is 153 cm³/mol. The van der Waals surface area contributed by atoms with Gasteiger partial charge in [0.05, 0.1) is 7.11 Å². The van der Waals surface area contributed by atoms with Crippen LogP contribution in [0.25, 0.3) is 0 Å². The van der Waals surface area contributed by atoms with E-state index < -0.39 is 29.7 Å². The maximum Gasteiger partial charge on any atom is 0.408 e. The zero-order valence-electron chi connectivity index (χ0n) is 24.2. The van der Waals surface area contributed by atoms with Crippen LogP contribution in [0.5, 0.6) is 5.75 Å². The second-order valence-corrected chi connectivity index (χ2v) is 10.7. The molecule has 3 atom stereocenters. The molecule has 2 aromatic rings. The molecule has 0 saturated carbocycles.